The second-order valence-electron chi connectivity index (χ2n) is 10.2. The molecule has 0 bridgehead atoms. The SMILES string of the molecule is CCOc1ccc(N(CC(=O)N(Cc2ccc(Cl)c(Cl)c2)[C@H](C)C(=O)N[C@@H](C)CC)S(=O)(=O)c2ccc(OC)c(OC)c2)cc1. The predicted molar refractivity (Wildman–Crippen MR) is 176 cm³/mol. The van der Waals surface area contributed by atoms with Crippen molar-refractivity contribution in [3.05, 3.63) is 76.3 Å². The summed E-state index contributed by atoms with van der Waals surface area (Å²) in [5.74, 6) is 0.0776. The van der Waals surface area contributed by atoms with Crippen LogP contribution in [0.2, 0.25) is 10.0 Å². The standard InChI is InChI=1S/C32H39Cl2N3O7S/c1-7-21(3)35-32(39)22(4)36(19-23-9-15-27(33)28(34)17-23)31(38)20-37(24-10-12-25(13-11-24)44-8-2)45(40,41)26-14-16-29(42-5)30(18-26)43-6/h9-18,21-22H,7-8,19-20H2,1-6H3,(H,35,39)/t21-,22+/m0/s1. The third kappa shape index (κ3) is 8.96. The largest absolute Gasteiger partial charge is 0.494 e. The Balaban J connectivity index is 2.09. The van der Waals surface area contributed by atoms with E-state index in [0.29, 0.717) is 35.1 Å². The van der Waals surface area contributed by atoms with Gasteiger partial charge in [-0.05, 0) is 81.3 Å². The molecule has 0 unspecified atom stereocenters. The molecular formula is C32H39Cl2N3O7S. The van der Waals surface area contributed by atoms with Crippen LogP contribution >= 0.6 is 23.2 Å². The Morgan fingerprint density at radius 2 is 1.56 bits per heavy atom. The first-order chi connectivity index (χ1) is 21.4. The molecule has 0 aliphatic carbocycles. The van der Waals surface area contributed by atoms with Crippen molar-refractivity contribution in [2.24, 2.45) is 0 Å². The smallest absolute Gasteiger partial charge is 0.264 e. The third-order valence-corrected chi connectivity index (χ3v) is 9.67. The van der Waals surface area contributed by atoms with Crippen molar-refractivity contribution in [3.63, 3.8) is 0 Å². The maximum atomic E-state index is 14.2. The quantitative estimate of drug-likeness (QED) is 0.212. The van der Waals surface area contributed by atoms with Gasteiger partial charge in [-0.25, -0.2) is 8.42 Å². The van der Waals surface area contributed by atoms with Crippen molar-refractivity contribution in [1.29, 1.82) is 0 Å². The van der Waals surface area contributed by atoms with Crippen molar-refractivity contribution in [3.8, 4) is 17.2 Å². The molecule has 0 spiro atoms. The Hall–Kier alpha value is -3.67. The van der Waals surface area contributed by atoms with E-state index in [1.165, 1.54) is 37.3 Å². The van der Waals surface area contributed by atoms with Crippen LogP contribution in [0.3, 0.4) is 0 Å². The number of nitrogens with one attached hydrogen (secondary N) is 1. The van der Waals surface area contributed by atoms with Crippen LogP contribution < -0.4 is 23.8 Å². The lowest BCUT2D eigenvalue weighted by molar-refractivity contribution is -0.139. The molecule has 45 heavy (non-hydrogen) atoms. The van der Waals surface area contributed by atoms with Crippen molar-refractivity contribution in [2.45, 2.75) is 57.6 Å². The number of nitrogens with zero attached hydrogens (tertiary/aromatic N) is 2. The first-order valence-corrected chi connectivity index (χ1v) is 16.6. The zero-order chi connectivity index (χ0) is 33.3. The predicted octanol–water partition coefficient (Wildman–Crippen LogP) is 5.94. The van der Waals surface area contributed by atoms with E-state index in [0.717, 1.165) is 4.31 Å². The van der Waals surface area contributed by atoms with E-state index in [2.05, 4.69) is 5.32 Å². The average Bonchev–Trinajstić information content (AvgIpc) is 3.03. The number of anilines is 1. The van der Waals surface area contributed by atoms with Gasteiger partial charge in [0.25, 0.3) is 10.0 Å². The van der Waals surface area contributed by atoms with Gasteiger partial charge in [0.2, 0.25) is 11.8 Å². The third-order valence-electron chi connectivity index (χ3n) is 7.16. The summed E-state index contributed by atoms with van der Waals surface area (Å²) in [5, 5.41) is 3.52. The van der Waals surface area contributed by atoms with Crippen LogP contribution in [0.5, 0.6) is 17.2 Å². The molecule has 0 saturated carbocycles. The van der Waals surface area contributed by atoms with Gasteiger partial charge in [0, 0.05) is 18.7 Å². The maximum Gasteiger partial charge on any atom is 0.264 e. The summed E-state index contributed by atoms with van der Waals surface area (Å²) in [6, 6.07) is 14.3. The molecule has 3 aromatic rings. The normalized spacial score (nSPS) is 12.5. The Bertz CT molecular complexity index is 1590. The molecule has 0 aromatic heterocycles. The van der Waals surface area contributed by atoms with Crippen LogP contribution in [0.1, 0.15) is 39.7 Å². The van der Waals surface area contributed by atoms with Gasteiger partial charge in [-0.15, -0.1) is 0 Å². The number of ether oxygens (including phenoxy) is 3. The van der Waals surface area contributed by atoms with Gasteiger partial charge in [-0.1, -0.05) is 36.2 Å². The molecule has 2 amide bonds. The summed E-state index contributed by atoms with van der Waals surface area (Å²) in [6.07, 6.45) is 0.689. The number of carbonyl (C=O) groups excluding carboxylic acids is 2. The number of sulfonamides is 1. The average molecular weight is 681 g/mol. The molecule has 2 atom stereocenters. The number of benzene rings is 3. The lowest BCUT2D eigenvalue weighted by atomic mass is 10.1. The monoisotopic (exact) mass is 679 g/mol. The second-order valence-corrected chi connectivity index (χ2v) is 12.9. The Morgan fingerprint density at radius 1 is 0.889 bits per heavy atom. The molecular weight excluding hydrogens is 641 g/mol. The van der Waals surface area contributed by atoms with Gasteiger partial charge in [0.1, 0.15) is 18.3 Å². The summed E-state index contributed by atoms with van der Waals surface area (Å²) in [4.78, 5) is 28.6. The highest BCUT2D eigenvalue weighted by atomic mass is 35.5. The molecule has 0 aliphatic heterocycles. The fourth-order valence-electron chi connectivity index (χ4n) is 4.39. The van der Waals surface area contributed by atoms with E-state index in [1.54, 1.807) is 49.4 Å². The number of methoxy groups -OCH3 is 2. The minimum Gasteiger partial charge on any atom is -0.494 e. The second kappa shape index (κ2) is 16.1. The lowest BCUT2D eigenvalue weighted by Gasteiger charge is -2.32. The first kappa shape index (κ1) is 35.8. The Kier molecular flexibility index (Phi) is 12.8. The van der Waals surface area contributed by atoms with Crippen molar-refractivity contribution in [2.75, 3.05) is 31.7 Å². The van der Waals surface area contributed by atoms with Gasteiger partial charge in [-0.3, -0.25) is 13.9 Å². The summed E-state index contributed by atoms with van der Waals surface area (Å²) in [7, 11) is -1.51. The molecule has 3 rings (SSSR count). The van der Waals surface area contributed by atoms with E-state index in [-0.39, 0.29) is 39.8 Å². The highest BCUT2D eigenvalue weighted by Gasteiger charge is 2.33. The van der Waals surface area contributed by atoms with E-state index in [1.807, 2.05) is 20.8 Å². The fraction of sp³-hybridized carbons (Fsp3) is 0.375. The zero-order valence-electron chi connectivity index (χ0n) is 26.2. The minimum atomic E-state index is -4.35. The number of hydrogen-bond acceptors (Lipinski definition) is 7. The van der Waals surface area contributed by atoms with Crippen molar-refractivity contribution >= 4 is 50.7 Å². The molecule has 0 fully saturated rings. The topological polar surface area (TPSA) is 114 Å². The minimum absolute atomic E-state index is 0.0294. The van der Waals surface area contributed by atoms with Gasteiger partial charge in [-0.2, -0.15) is 0 Å². The van der Waals surface area contributed by atoms with Gasteiger partial charge < -0.3 is 24.4 Å². The van der Waals surface area contributed by atoms with Crippen molar-refractivity contribution in [1.82, 2.24) is 10.2 Å². The summed E-state index contributed by atoms with van der Waals surface area (Å²) in [6.45, 7) is 7.00. The van der Waals surface area contributed by atoms with E-state index in [4.69, 9.17) is 37.4 Å². The highest BCUT2D eigenvalue weighted by Crippen LogP contribution is 2.33. The molecule has 0 aliphatic rings. The highest BCUT2D eigenvalue weighted by molar-refractivity contribution is 7.92. The van der Waals surface area contributed by atoms with Gasteiger partial charge >= 0.3 is 0 Å². The zero-order valence-corrected chi connectivity index (χ0v) is 28.5. The number of carbonyl (C=O) groups is 2. The Morgan fingerprint density at radius 3 is 2.13 bits per heavy atom. The lowest BCUT2D eigenvalue weighted by Crippen LogP contribution is -2.52. The van der Waals surface area contributed by atoms with Crippen LogP contribution in [0.25, 0.3) is 0 Å². The summed E-state index contributed by atoms with van der Waals surface area (Å²) >= 11 is 12.4. The number of hydrogen-bond donors (Lipinski definition) is 1. The first-order valence-electron chi connectivity index (χ1n) is 14.4. The molecule has 10 nitrogen and oxygen atoms in total. The molecule has 0 heterocycles. The molecule has 244 valence electrons. The molecule has 1 N–H and O–H groups in total. The van der Waals surface area contributed by atoms with Gasteiger partial charge in [0.05, 0.1) is 41.5 Å². The number of halogens is 2. The Labute approximate surface area is 275 Å². The van der Waals surface area contributed by atoms with Crippen LogP contribution in [0, 0.1) is 0 Å². The molecule has 3 aromatic carbocycles. The fourth-order valence-corrected chi connectivity index (χ4v) is 6.14. The van der Waals surface area contributed by atoms with Crippen LogP contribution in [0.15, 0.2) is 65.6 Å². The van der Waals surface area contributed by atoms with Crippen LogP contribution in [-0.4, -0.2) is 64.6 Å². The number of rotatable bonds is 15. The molecule has 0 saturated heterocycles. The van der Waals surface area contributed by atoms with E-state index in [9.17, 15) is 18.0 Å². The van der Waals surface area contributed by atoms with Gasteiger partial charge in [0.15, 0.2) is 11.5 Å². The van der Waals surface area contributed by atoms with E-state index < -0.39 is 28.5 Å². The maximum absolute atomic E-state index is 14.2. The molecule has 0 radical (unpaired) electrons. The molecule has 13 heteroatoms. The number of amides is 2. The van der Waals surface area contributed by atoms with E-state index >= 15 is 0 Å². The van der Waals surface area contributed by atoms with Crippen LogP contribution in [0.4, 0.5) is 5.69 Å². The van der Waals surface area contributed by atoms with Crippen molar-refractivity contribution < 1.29 is 32.2 Å². The summed E-state index contributed by atoms with van der Waals surface area (Å²) < 4.78 is 45.6. The summed E-state index contributed by atoms with van der Waals surface area (Å²) in [5.41, 5.74) is 0.823. The van der Waals surface area contributed by atoms with Crippen LogP contribution in [-0.2, 0) is 26.2 Å².